The van der Waals surface area contributed by atoms with Gasteiger partial charge in [-0.2, -0.15) is 0 Å². The zero-order valence-electron chi connectivity index (χ0n) is 13.2. The Morgan fingerprint density at radius 2 is 1.91 bits per heavy atom. The topological polar surface area (TPSA) is 86.7 Å². The largest absolute Gasteiger partial charge is 0.497 e. The fraction of sp³-hybridized carbons (Fsp3) is 0.500. The van der Waals surface area contributed by atoms with Crippen molar-refractivity contribution in [1.82, 2.24) is 0 Å². The molecule has 0 aromatic heterocycles. The number of ether oxygens (including phenoxy) is 2. The molecule has 126 valence electrons. The molecule has 6 nitrogen and oxygen atoms in total. The first-order valence-corrected chi connectivity index (χ1v) is 9.21. The van der Waals surface area contributed by atoms with E-state index in [1.165, 1.54) is 14.0 Å². The van der Waals surface area contributed by atoms with Crippen LogP contribution >= 0.6 is 0 Å². The van der Waals surface area contributed by atoms with Gasteiger partial charge in [-0.3, -0.25) is 9.59 Å². The first-order valence-electron chi connectivity index (χ1n) is 7.39. The van der Waals surface area contributed by atoms with Gasteiger partial charge in [-0.1, -0.05) is 0 Å². The van der Waals surface area contributed by atoms with Crippen molar-refractivity contribution in [3.8, 4) is 5.75 Å². The number of esters is 1. The van der Waals surface area contributed by atoms with Crippen LogP contribution in [-0.2, 0) is 19.4 Å². The Kier molecular flexibility index (Phi) is 5.41. The second-order valence-corrected chi connectivity index (χ2v) is 7.93. The fourth-order valence-corrected chi connectivity index (χ4v) is 4.42. The molecule has 0 spiro atoms. The Morgan fingerprint density at radius 1 is 1.26 bits per heavy atom. The Morgan fingerprint density at radius 3 is 2.43 bits per heavy atom. The van der Waals surface area contributed by atoms with E-state index in [4.69, 9.17) is 9.47 Å². The van der Waals surface area contributed by atoms with Gasteiger partial charge in [-0.05, 0) is 43.5 Å². The third-order valence-corrected chi connectivity index (χ3v) is 5.67. The number of hydrogen-bond acceptors (Lipinski definition) is 6. The monoisotopic (exact) mass is 340 g/mol. The zero-order chi connectivity index (χ0) is 17.0. The van der Waals surface area contributed by atoms with E-state index in [9.17, 15) is 18.0 Å². The van der Waals surface area contributed by atoms with Gasteiger partial charge in [0.05, 0.1) is 18.6 Å². The maximum Gasteiger partial charge on any atom is 0.306 e. The Balaban J connectivity index is 1.88. The molecule has 1 fully saturated rings. The molecule has 2 atom stereocenters. The van der Waals surface area contributed by atoms with Crippen LogP contribution < -0.4 is 4.74 Å². The Labute approximate surface area is 135 Å². The molecule has 23 heavy (non-hydrogen) atoms. The molecule has 0 unspecified atom stereocenters. The molecule has 0 saturated carbocycles. The van der Waals surface area contributed by atoms with E-state index in [1.807, 2.05) is 0 Å². The average Bonchev–Trinajstić information content (AvgIpc) is 2.85. The van der Waals surface area contributed by atoms with Gasteiger partial charge in [0.1, 0.15) is 5.75 Å². The molecule has 0 aliphatic carbocycles. The van der Waals surface area contributed by atoms with Gasteiger partial charge in [0, 0.05) is 12.0 Å². The number of sulfone groups is 1. The molecule has 1 aromatic rings. The summed E-state index contributed by atoms with van der Waals surface area (Å²) in [5, 5.41) is 0. The van der Waals surface area contributed by atoms with Crippen LogP contribution in [0.25, 0.3) is 0 Å². The first-order chi connectivity index (χ1) is 10.8. The Bertz CT molecular complexity index is 677. The zero-order valence-corrected chi connectivity index (χ0v) is 14.0. The summed E-state index contributed by atoms with van der Waals surface area (Å²) >= 11 is 0. The normalized spacial score (nSPS) is 20.7. The van der Waals surface area contributed by atoms with Crippen molar-refractivity contribution in [2.24, 2.45) is 5.92 Å². The van der Waals surface area contributed by atoms with Crippen molar-refractivity contribution in [1.29, 1.82) is 0 Å². The highest BCUT2D eigenvalue weighted by Crippen LogP contribution is 2.22. The second-order valence-electron chi connectivity index (χ2n) is 5.70. The minimum absolute atomic E-state index is 0.0168. The van der Waals surface area contributed by atoms with Crippen LogP contribution in [0.3, 0.4) is 0 Å². The molecule has 0 N–H and O–H groups in total. The van der Waals surface area contributed by atoms with Gasteiger partial charge >= 0.3 is 5.97 Å². The number of ketones is 1. The maximum absolute atomic E-state index is 12.2. The summed E-state index contributed by atoms with van der Waals surface area (Å²) in [5.41, 5.74) is 0.426. The molecule has 0 radical (unpaired) electrons. The summed E-state index contributed by atoms with van der Waals surface area (Å²) in [6.45, 7) is 1.51. The highest BCUT2D eigenvalue weighted by Gasteiger charge is 2.30. The highest BCUT2D eigenvalue weighted by atomic mass is 32.2. The summed E-state index contributed by atoms with van der Waals surface area (Å²) in [5.74, 6) is -0.292. The lowest BCUT2D eigenvalue weighted by atomic mass is 10.1. The van der Waals surface area contributed by atoms with E-state index >= 15 is 0 Å². The molecule has 1 aliphatic rings. The number of rotatable bonds is 6. The van der Waals surface area contributed by atoms with E-state index in [0.717, 1.165) is 0 Å². The molecule has 0 amide bonds. The predicted octanol–water partition coefficient (Wildman–Crippen LogP) is 1.63. The van der Waals surface area contributed by atoms with Crippen LogP contribution in [0.4, 0.5) is 0 Å². The summed E-state index contributed by atoms with van der Waals surface area (Å²) < 4.78 is 32.9. The third kappa shape index (κ3) is 4.79. The summed E-state index contributed by atoms with van der Waals surface area (Å²) in [6.07, 6.45) is -0.411. The minimum Gasteiger partial charge on any atom is -0.497 e. The van der Waals surface area contributed by atoms with Crippen LogP contribution in [0.1, 0.15) is 30.1 Å². The van der Waals surface area contributed by atoms with E-state index in [-0.39, 0.29) is 29.6 Å². The van der Waals surface area contributed by atoms with Crippen molar-refractivity contribution in [3.63, 3.8) is 0 Å². The number of hydrogen-bond donors (Lipinski definition) is 0. The van der Waals surface area contributed by atoms with Crippen LogP contribution in [0, 0.1) is 5.92 Å². The molecule has 1 saturated heterocycles. The van der Waals surface area contributed by atoms with Crippen molar-refractivity contribution in [2.75, 3.05) is 18.6 Å². The van der Waals surface area contributed by atoms with E-state index in [2.05, 4.69) is 0 Å². The molecule has 0 bridgehead atoms. The minimum atomic E-state index is -3.02. The van der Waals surface area contributed by atoms with Crippen molar-refractivity contribution < 1.29 is 27.5 Å². The SMILES string of the molecule is COc1ccc(C(=O)[C@H](C)OC(=O)C[C@@H]2CCS(=O)(=O)C2)cc1. The number of carbonyl (C=O) groups excluding carboxylic acids is 2. The molecular formula is C16H20O6S. The van der Waals surface area contributed by atoms with Gasteiger partial charge in [-0.15, -0.1) is 0 Å². The lowest BCUT2D eigenvalue weighted by molar-refractivity contribution is -0.147. The van der Waals surface area contributed by atoms with Crippen LogP contribution in [0.2, 0.25) is 0 Å². The summed E-state index contributed by atoms with van der Waals surface area (Å²) in [4.78, 5) is 24.1. The van der Waals surface area contributed by atoms with E-state index in [1.54, 1.807) is 24.3 Å². The van der Waals surface area contributed by atoms with E-state index < -0.39 is 21.9 Å². The lowest BCUT2D eigenvalue weighted by Gasteiger charge is -2.14. The van der Waals surface area contributed by atoms with E-state index in [0.29, 0.717) is 17.7 Å². The molecule has 1 heterocycles. The number of Topliss-reactive ketones (excluding diaryl/α,β-unsaturated/α-hetero) is 1. The summed E-state index contributed by atoms with van der Waals surface area (Å²) in [7, 11) is -1.49. The Hall–Kier alpha value is -1.89. The molecule has 2 rings (SSSR count). The quantitative estimate of drug-likeness (QED) is 0.578. The van der Waals surface area contributed by atoms with Crippen LogP contribution in [-0.4, -0.2) is 44.9 Å². The fourth-order valence-electron chi connectivity index (χ4n) is 2.56. The van der Waals surface area contributed by atoms with Crippen LogP contribution in [0.5, 0.6) is 5.75 Å². The molecule has 1 aliphatic heterocycles. The maximum atomic E-state index is 12.2. The molecule has 1 aromatic carbocycles. The number of methoxy groups -OCH3 is 1. The summed E-state index contributed by atoms with van der Waals surface area (Å²) in [6, 6.07) is 6.53. The second kappa shape index (κ2) is 7.12. The van der Waals surface area contributed by atoms with Gasteiger partial charge in [-0.25, -0.2) is 8.42 Å². The van der Waals surface area contributed by atoms with Gasteiger partial charge in [0.25, 0.3) is 0 Å². The smallest absolute Gasteiger partial charge is 0.306 e. The van der Waals surface area contributed by atoms with Crippen molar-refractivity contribution >= 4 is 21.6 Å². The predicted molar refractivity (Wildman–Crippen MR) is 84.3 cm³/mol. The third-order valence-electron chi connectivity index (χ3n) is 3.83. The van der Waals surface area contributed by atoms with Gasteiger partial charge < -0.3 is 9.47 Å². The standard InChI is InChI=1S/C16H20O6S/c1-11(16(18)13-3-5-14(21-2)6-4-13)22-15(17)9-12-7-8-23(19,20)10-12/h3-6,11-12H,7-10H2,1-2H3/t11-,12-/m0/s1. The number of benzene rings is 1. The molecular weight excluding hydrogens is 320 g/mol. The highest BCUT2D eigenvalue weighted by molar-refractivity contribution is 7.91. The van der Waals surface area contributed by atoms with Gasteiger partial charge in [0.15, 0.2) is 15.9 Å². The van der Waals surface area contributed by atoms with Crippen molar-refractivity contribution in [2.45, 2.75) is 25.9 Å². The average molecular weight is 340 g/mol. The van der Waals surface area contributed by atoms with Crippen molar-refractivity contribution in [3.05, 3.63) is 29.8 Å². The first kappa shape index (κ1) is 17.5. The molecule has 7 heteroatoms. The number of carbonyl (C=O) groups is 2. The lowest BCUT2D eigenvalue weighted by Crippen LogP contribution is -2.25. The van der Waals surface area contributed by atoms with Crippen LogP contribution in [0.15, 0.2) is 24.3 Å². The van der Waals surface area contributed by atoms with Gasteiger partial charge in [0.2, 0.25) is 5.78 Å².